The summed E-state index contributed by atoms with van der Waals surface area (Å²) in [4.78, 5) is 38.6. The van der Waals surface area contributed by atoms with Crippen LogP contribution in [0.2, 0.25) is 0 Å². The summed E-state index contributed by atoms with van der Waals surface area (Å²) in [6.45, 7) is 5.59. The first kappa shape index (κ1) is 20.7. The molecule has 7 nitrogen and oxygen atoms in total. The number of urea groups is 1. The van der Waals surface area contributed by atoms with Crippen LogP contribution in [0.25, 0.3) is 0 Å². The normalized spacial score (nSPS) is 18.6. The van der Waals surface area contributed by atoms with Crippen LogP contribution in [0, 0.1) is 13.8 Å². The average Bonchev–Trinajstić information content (AvgIpc) is 2.91. The third-order valence-corrected chi connectivity index (χ3v) is 5.96. The van der Waals surface area contributed by atoms with E-state index in [4.69, 9.17) is 4.74 Å². The van der Waals surface area contributed by atoms with Gasteiger partial charge in [0.25, 0.3) is 5.91 Å². The lowest BCUT2D eigenvalue weighted by molar-refractivity contribution is -0.138. The topological polar surface area (TPSA) is 87.7 Å². The lowest BCUT2D eigenvalue weighted by Crippen LogP contribution is -2.48. The van der Waals surface area contributed by atoms with E-state index in [2.05, 4.69) is 10.7 Å². The number of hydrazine groups is 1. The largest absolute Gasteiger partial charge is 0.497 e. The Hall–Kier alpha value is -3.00. The van der Waals surface area contributed by atoms with Gasteiger partial charge < -0.3 is 10.1 Å². The summed E-state index contributed by atoms with van der Waals surface area (Å²) in [5, 5.41) is 3.40. The predicted octanol–water partition coefficient (Wildman–Crippen LogP) is 2.90. The van der Waals surface area contributed by atoms with Crippen LogP contribution >= 0.6 is 11.8 Å². The number of carbonyl (C=O) groups excluding carboxylic acids is 3. The Morgan fingerprint density at radius 3 is 2.48 bits per heavy atom. The van der Waals surface area contributed by atoms with Gasteiger partial charge in [-0.05, 0) is 50.1 Å². The summed E-state index contributed by atoms with van der Waals surface area (Å²) in [7, 11) is 1.55. The zero-order chi connectivity index (χ0) is 21.2. The van der Waals surface area contributed by atoms with Crippen molar-refractivity contribution in [1.29, 1.82) is 0 Å². The summed E-state index contributed by atoms with van der Waals surface area (Å²) in [6.07, 6.45) is 0. The third kappa shape index (κ3) is 4.22. The second kappa shape index (κ2) is 8.16. The van der Waals surface area contributed by atoms with Crippen LogP contribution in [-0.2, 0) is 15.1 Å². The van der Waals surface area contributed by atoms with E-state index >= 15 is 0 Å². The second-order valence-corrected chi connectivity index (χ2v) is 8.03. The lowest BCUT2D eigenvalue weighted by Gasteiger charge is -2.22. The Kier molecular flexibility index (Phi) is 5.83. The number of amides is 4. The van der Waals surface area contributed by atoms with Crippen molar-refractivity contribution >= 4 is 29.6 Å². The maximum absolute atomic E-state index is 12.9. The van der Waals surface area contributed by atoms with Gasteiger partial charge in [-0.2, -0.15) is 5.01 Å². The molecule has 0 unspecified atom stereocenters. The van der Waals surface area contributed by atoms with Crippen LogP contribution < -0.4 is 15.5 Å². The number of rotatable bonds is 6. The van der Waals surface area contributed by atoms with Crippen molar-refractivity contribution in [2.24, 2.45) is 0 Å². The van der Waals surface area contributed by atoms with Crippen molar-refractivity contribution < 1.29 is 19.1 Å². The third-order valence-electron chi connectivity index (χ3n) is 4.78. The minimum atomic E-state index is -1.27. The van der Waals surface area contributed by atoms with Crippen molar-refractivity contribution in [3.8, 4) is 5.75 Å². The van der Waals surface area contributed by atoms with E-state index in [1.807, 2.05) is 32.0 Å². The van der Waals surface area contributed by atoms with Gasteiger partial charge in [-0.3, -0.25) is 15.0 Å². The average molecular weight is 413 g/mol. The highest BCUT2D eigenvalue weighted by atomic mass is 32.2. The van der Waals surface area contributed by atoms with Gasteiger partial charge in [-0.1, -0.05) is 29.8 Å². The SMILES string of the molecule is COc1ccc([C@]2(C)NC(=O)N(NC(=O)CSc3ccc(C)cc3C)C2=O)cc1. The molecule has 2 aromatic rings. The Morgan fingerprint density at radius 2 is 1.86 bits per heavy atom. The van der Waals surface area contributed by atoms with Gasteiger partial charge in [0.2, 0.25) is 5.91 Å². The molecule has 0 radical (unpaired) electrons. The molecule has 0 saturated carbocycles. The van der Waals surface area contributed by atoms with Crippen LogP contribution in [0.1, 0.15) is 23.6 Å². The highest BCUT2D eigenvalue weighted by Crippen LogP contribution is 2.29. The summed E-state index contributed by atoms with van der Waals surface area (Å²) in [5.41, 5.74) is 3.96. The molecule has 0 bridgehead atoms. The zero-order valence-electron chi connectivity index (χ0n) is 16.7. The standard InChI is InChI=1S/C21H23N3O4S/c1-13-5-10-17(14(2)11-13)29-12-18(25)23-24-19(26)21(3,22-20(24)27)15-6-8-16(28-4)9-7-15/h5-11H,12H2,1-4H3,(H,22,27)(H,23,25)/t21-/m0/s1. The molecule has 1 saturated heterocycles. The molecule has 1 atom stereocenters. The number of nitrogens with zero attached hydrogens (tertiary/aromatic N) is 1. The Balaban J connectivity index is 1.66. The summed E-state index contributed by atoms with van der Waals surface area (Å²) < 4.78 is 5.12. The Bertz CT molecular complexity index is 961. The molecule has 0 aliphatic carbocycles. The van der Waals surface area contributed by atoms with Gasteiger partial charge in [0, 0.05) is 4.90 Å². The minimum absolute atomic E-state index is 0.0835. The van der Waals surface area contributed by atoms with E-state index in [0.717, 1.165) is 21.0 Å². The number of thioether (sulfide) groups is 1. The van der Waals surface area contributed by atoms with Gasteiger partial charge >= 0.3 is 6.03 Å². The number of ether oxygens (including phenoxy) is 1. The fourth-order valence-electron chi connectivity index (χ4n) is 3.12. The van der Waals surface area contributed by atoms with Gasteiger partial charge in [0.1, 0.15) is 11.3 Å². The molecule has 0 aromatic heterocycles. The number of methoxy groups -OCH3 is 1. The molecule has 1 aliphatic heterocycles. The van der Waals surface area contributed by atoms with E-state index in [0.29, 0.717) is 11.3 Å². The van der Waals surface area contributed by atoms with E-state index in [1.165, 1.54) is 11.8 Å². The number of imide groups is 1. The van der Waals surface area contributed by atoms with E-state index in [-0.39, 0.29) is 5.75 Å². The number of benzene rings is 2. The fourth-order valence-corrected chi connectivity index (χ4v) is 3.92. The smallest absolute Gasteiger partial charge is 0.344 e. The minimum Gasteiger partial charge on any atom is -0.497 e. The maximum Gasteiger partial charge on any atom is 0.344 e. The molecular weight excluding hydrogens is 390 g/mol. The molecule has 2 N–H and O–H groups in total. The number of nitrogens with one attached hydrogen (secondary N) is 2. The number of carbonyl (C=O) groups is 3. The first-order chi connectivity index (χ1) is 13.7. The van der Waals surface area contributed by atoms with E-state index in [1.54, 1.807) is 38.3 Å². The van der Waals surface area contributed by atoms with Crippen molar-refractivity contribution in [1.82, 2.24) is 15.8 Å². The first-order valence-corrected chi connectivity index (χ1v) is 10.0. The Labute approximate surface area is 173 Å². The van der Waals surface area contributed by atoms with Crippen LogP contribution in [0.3, 0.4) is 0 Å². The number of aryl methyl sites for hydroxylation is 2. The van der Waals surface area contributed by atoms with Gasteiger partial charge in [0.15, 0.2) is 0 Å². The molecule has 1 aliphatic rings. The summed E-state index contributed by atoms with van der Waals surface area (Å²) in [6, 6.07) is 12.1. The fraction of sp³-hybridized carbons (Fsp3) is 0.286. The van der Waals surface area contributed by atoms with Gasteiger partial charge in [-0.25, -0.2) is 4.79 Å². The second-order valence-electron chi connectivity index (χ2n) is 7.02. The molecule has 29 heavy (non-hydrogen) atoms. The number of hydrogen-bond donors (Lipinski definition) is 2. The molecular formula is C21H23N3O4S. The quantitative estimate of drug-likeness (QED) is 0.562. The van der Waals surface area contributed by atoms with Crippen LogP contribution in [0.5, 0.6) is 5.75 Å². The first-order valence-electron chi connectivity index (χ1n) is 9.05. The van der Waals surface area contributed by atoms with Crippen molar-refractivity contribution in [2.75, 3.05) is 12.9 Å². The molecule has 3 rings (SSSR count). The van der Waals surface area contributed by atoms with Crippen LogP contribution in [0.4, 0.5) is 4.79 Å². The molecule has 1 fully saturated rings. The zero-order valence-corrected chi connectivity index (χ0v) is 17.6. The molecule has 8 heteroatoms. The lowest BCUT2D eigenvalue weighted by atomic mass is 9.92. The molecule has 0 spiro atoms. The molecule has 2 aromatic carbocycles. The van der Waals surface area contributed by atoms with E-state index in [9.17, 15) is 14.4 Å². The molecule has 4 amide bonds. The maximum atomic E-state index is 12.9. The summed E-state index contributed by atoms with van der Waals surface area (Å²) in [5.74, 6) is -0.252. The highest BCUT2D eigenvalue weighted by Gasteiger charge is 2.50. The van der Waals surface area contributed by atoms with Crippen molar-refractivity contribution in [2.45, 2.75) is 31.2 Å². The van der Waals surface area contributed by atoms with E-state index < -0.39 is 23.4 Å². The van der Waals surface area contributed by atoms with Crippen molar-refractivity contribution in [3.05, 3.63) is 59.2 Å². The Morgan fingerprint density at radius 1 is 1.17 bits per heavy atom. The number of hydrogen-bond acceptors (Lipinski definition) is 5. The predicted molar refractivity (Wildman–Crippen MR) is 111 cm³/mol. The summed E-state index contributed by atoms with van der Waals surface area (Å²) >= 11 is 1.35. The van der Waals surface area contributed by atoms with Crippen molar-refractivity contribution in [3.63, 3.8) is 0 Å². The van der Waals surface area contributed by atoms with Gasteiger partial charge in [0.05, 0.1) is 12.9 Å². The van der Waals surface area contributed by atoms with Crippen LogP contribution in [-0.4, -0.2) is 35.7 Å². The molecule has 152 valence electrons. The van der Waals surface area contributed by atoms with Crippen LogP contribution in [0.15, 0.2) is 47.4 Å². The monoisotopic (exact) mass is 413 g/mol. The van der Waals surface area contributed by atoms with Gasteiger partial charge in [-0.15, -0.1) is 11.8 Å². The molecule has 1 heterocycles. The highest BCUT2D eigenvalue weighted by molar-refractivity contribution is 8.00.